The van der Waals surface area contributed by atoms with Gasteiger partial charge in [0.05, 0.1) is 12.8 Å². The molecule has 1 N–H and O–H groups in total. The molecule has 3 aromatic rings. The van der Waals surface area contributed by atoms with Gasteiger partial charge in [0, 0.05) is 10.0 Å². The van der Waals surface area contributed by atoms with Crippen LogP contribution in [0.15, 0.2) is 72.3 Å². The number of carbonyl (C=O) groups is 3. The van der Waals surface area contributed by atoms with E-state index >= 15 is 0 Å². The van der Waals surface area contributed by atoms with E-state index in [1.165, 1.54) is 18.2 Å². The number of hydrogen-bond acceptors (Lipinski definition) is 4. The van der Waals surface area contributed by atoms with Crippen molar-refractivity contribution >= 4 is 52.8 Å². The zero-order chi connectivity index (χ0) is 23.5. The van der Waals surface area contributed by atoms with Crippen LogP contribution in [-0.4, -0.2) is 25.0 Å². The second-order valence-corrected chi connectivity index (χ2v) is 8.11. The molecule has 0 aromatic heterocycles. The fourth-order valence-corrected chi connectivity index (χ4v) is 3.82. The van der Waals surface area contributed by atoms with Crippen LogP contribution in [0.5, 0.6) is 5.75 Å². The minimum Gasteiger partial charge on any atom is -0.497 e. The smallest absolute Gasteiger partial charge is 0.335 e. The van der Waals surface area contributed by atoms with Crippen LogP contribution in [-0.2, 0) is 16.0 Å². The molecule has 0 bridgehead atoms. The molecule has 6 nitrogen and oxygen atoms in total. The van der Waals surface area contributed by atoms with Gasteiger partial charge in [-0.3, -0.25) is 14.9 Å². The van der Waals surface area contributed by atoms with E-state index in [1.54, 1.807) is 37.4 Å². The average molecular weight is 481 g/mol. The highest BCUT2D eigenvalue weighted by Crippen LogP contribution is 2.28. The molecule has 0 aliphatic carbocycles. The van der Waals surface area contributed by atoms with Crippen molar-refractivity contribution in [1.29, 1.82) is 0 Å². The maximum absolute atomic E-state index is 13.2. The molecule has 0 saturated carbocycles. The number of benzene rings is 3. The van der Waals surface area contributed by atoms with Crippen LogP contribution in [0.25, 0.3) is 6.08 Å². The number of hydrogen-bond donors (Lipinski definition) is 1. The molecular formula is C25H18Cl2N2O4. The predicted octanol–water partition coefficient (Wildman–Crippen LogP) is 5.26. The molecule has 0 unspecified atom stereocenters. The molecule has 8 heteroatoms. The summed E-state index contributed by atoms with van der Waals surface area (Å²) in [4.78, 5) is 39.1. The van der Waals surface area contributed by atoms with Crippen LogP contribution in [0.4, 0.5) is 10.5 Å². The van der Waals surface area contributed by atoms with Gasteiger partial charge in [0.1, 0.15) is 11.3 Å². The molecule has 33 heavy (non-hydrogen) atoms. The van der Waals surface area contributed by atoms with Crippen molar-refractivity contribution in [3.8, 4) is 5.75 Å². The summed E-state index contributed by atoms with van der Waals surface area (Å²) in [5.74, 6) is -0.878. The Bertz CT molecular complexity index is 1290. The first-order chi connectivity index (χ1) is 15.9. The zero-order valence-corrected chi connectivity index (χ0v) is 19.0. The minimum atomic E-state index is -0.824. The number of ether oxygens (including phenoxy) is 1. The topological polar surface area (TPSA) is 75.7 Å². The van der Waals surface area contributed by atoms with Gasteiger partial charge in [-0.15, -0.1) is 0 Å². The monoisotopic (exact) mass is 480 g/mol. The number of imide groups is 2. The SMILES string of the molecule is COc1ccc(/C=C2\C(=O)NC(=O)N(c3ccc(Cl)cc3)C2=O)c(Cc2ccccc2Cl)c1. The Morgan fingerprint density at radius 1 is 0.939 bits per heavy atom. The number of nitrogens with one attached hydrogen (secondary N) is 1. The van der Waals surface area contributed by atoms with E-state index < -0.39 is 17.8 Å². The summed E-state index contributed by atoms with van der Waals surface area (Å²) in [5.41, 5.74) is 2.43. The summed E-state index contributed by atoms with van der Waals surface area (Å²) < 4.78 is 5.35. The van der Waals surface area contributed by atoms with Crippen molar-refractivity contribution < 1.29 is 19.1 Å². The first kappa shape index (κ1) is 22.6. The van der Waals surface area contributed by atoms with Gasteiger partial charge in [0.2, 0.25) is 0 Å². The summed E-state index contributed by atoms with van der Waals surface area (Å²) in [6, 6.07) is 18.1. The molecule has 0 atom stereocenters. The van der Waals surface area contributed by atoms with Crippen LogP contribution < -0.4 is 15.0 Å². The molecule has 1 aliphatic heterocycles. The fraction of sp³-hybridized carbons (Fsp3) is 0.0800. The molecule has 1 aliphatic rings. The third-order valence-corrected chi connectivity index (χ3v) is 5.80. The van der Waals surface area contributed by atoms with E-state index in [0.717, 1.165) is 16.0 Å². The molecule has 0 radical (unpaired) electrons. The van der Waals surface area contributed by atoms with Gasteiger partial charge in [-0.2, -0.15) is 0 Å². The first-order valence-electron chi connectivity index (χ1n) is 9.94. The molecule has 1 heterocycles. The number of anilines is 1. The first-order valence-corrected chi connectivity index (χ1v) is 10.7. The van der Waals surface area contributed by atoms with Gasteiger partial charge in [-0.25, -0.2) is 9.69 Å². The van der Waals surface area contributed by atoms with Gasteiger partial charge in [0.25, 0.3) is 11.8 Å². The van der Waals surface area contributed by atoms with Crippen LogP contribution in [0, 0.1) is 0 Å². The Labute approximate surface area is 200 Å². The quantitative estimate of drug-likeness (QED) is 0.399. The van der Waals surface area contributed by atoms with E-state index in [2.05, 4.69) is 5.32 Å². The lowest BCUT2D eigenvalue weighted by molar-refractivity contribution is -0.122. The van der Waals surface area contributed by atoms with Crippen LogP contribution >= 0.6 is 23.2 Å². The maximum atomic E-state index is 13.2. The normalized spacial score (nSPS) is 15.1. The Hall–Kier alpha value is -3.61. The largest absolute Gasteiger partial charge is 0.497 e. The van der Waals surface area contributed by atoms with Gasteiger partial charge in [-0.05, 0) is 71.7 Å². The highest BCUT2D eigenvalue weighted by molar-refractivity contribution is 6.39. The second kappa shape index (κ2) is 9.48. The van der Waals surface area contributed by atoms with Gasteiger partial charge in [-0.1, -0.05) is 47.5 Å². The lowest BCUT2D eigenvalue weighted by Gasteiger charge is -2.26. The van der Waals surface area contributed by atoms with E-state index in [0.29, 0.717) is 33.5 Å². The van der Waals surface area contributed by atoms with Crippen LogP contribution in [0.2, 0.25) is 10.0 Å². The summed E-state index contributed by atoms with van der Waals surface area (Å²) in [6.07, 6.45) is 1.92. The van der Waals surface area contributed by atoms with Crippen molar-refractivity contribution in [2.24, 2.45) is 0 Å². The average Bonchev–Trinajstić information content (AvgIpc) is 2.80. The van der Waals surface area contributed by atoms with Crippen molar-refractivity contribution in [2.45, 2.75) is 6.42 Å². The lowest BCUT2D eigenvalue weighted by atomic mass is 9.97. The Balaban J connectivity index is 1.76. The number of nitrogens with zero attached hydrogens (tertiary/aromatic N) is 1. The van der Waals surface area contributed by atoms with E-state index in [1.807, 2.05) is 24.3 Å². The van der Waals surface area contributed by atoms with E-state index in [9.17, 15) is 14.4 Å². The number of barbiturate groups is 1. The van der Waals surface area contributed by atoms with Gasteiger partial charge >= 0.3 is 6.03 Å². The molecule has 4 rings (SSSR count). The van der Waals surface area contributed by atoms with Gasteiger partial charge in [0.15, 0.2) is 0 Å². The molecule has 3 aromatic carbocycles. The Kier molecular flexibility index (Phi) is 6.49. The van der Waals surface area contributed by atoms with Crippen LogP contribution in [0.1, 0.15) is 16.7 Å². The van der Waals surface area contributed by atoms with Crippen molar-refractivity contribution in [1.82, 2.24) is 5.32 Å². The summed E-state index contributed by atoms with van der Waals surface area (Å²) in [5, 5.41) is 3.28. The summed E-state index contributed by atoms with van der Waals surface area (Å²) >= 11 is 12.2. The maximum Gasteiger partial charge on any atom is 0.335 e. The zero-order valence-electron chi connectivity index (χ0n) is 17.5. The van der Waals surface area contributed by atoms with E-state index in [4.69, 9.17) is 27.9 Å². The molecule has 1 fully saturated rings. The number of carbonyl (C=O) groups excluding carboxylic acids is 3. The third kappa shape index (κ3) is 4.77. The van der Waals surface area contributed by atoms with Crippen molar-refractivity contribution in [2.75, 3.05) is 12.0 Å². The fourth-order valence-electron chi connectivity index (χ4n) is 3.49. The Morgan fingerprint density at radius 2 is 1.67 bits per heavy atom. The van der Waals surface area contributed by atoms with Crippen LogP contribution in [0.3, 0.4) is 0 Å². The highest BCUT2D eigenvalue weighted by atomic mass is 35.5. The number of halogens is 2. The Morgan fingerprint density at radius 3 is 2.36 bits per heavy atom. The number of rotatable bonds is 5. The highest BCUT2D eigenvalue weighted by Gasteiger charge is 2.36. The standard InChI is InChI=1S/C25H18Cl2N2O4/c1-33-20-11-6-15(17(13-20)12-16-4-2-3-5-22(16)27)14-21-23(30)28-25(32)29(24(21)31)19-9-7-18(26)8-10-19/h2-11,13-14H,12H2,1H3,(H,28,30,32)/b21-14+. The number of urea groups is 1. The lowest BCUT2D eigenvalue weighted by Crippen LogP contribution is -2.54. The number of amides is 4. The molecule has 166 valence electrons. The second-order valence-electron chi connectivity index (χ2n) is 7.27. The van der Waals surface area contributed by atoms with E-state index in [-0.39, 0.29) is 5.57 Å². The van der Waals surface area contributed by atoms with Crippen molar-refractivity contribution in [3.63, 3.8) is 0 Å². The molecule has 4 amide bonds. The minimum absolute atomic E-state index is 0.171. The summed E-state index contributed by atoms with van der Waals surface area (Å²) in [6.45, 7) is 0. The molecule has 1 saturated heterocycles. The van der Waals surface area contributed by atoms with Crippen molar-refractivity contribution in [3.05, 3.63) is 99.0 Å². The predicted molar refractivity (Wildman–Crippen MR) is 128 cm³/mol. The summed E-state index contributed by atoms with van der Waals surface area (Å²) in [7, 11) is 1.56. The molecule has 0 spiro atoms. The third-order valence-electron chi connectivity index (χ3n) is 5.18. The number of methoxy groups -OCH3 is 1. The molecular weight excluding hydrogens is 463 g/mol. The van der Waals surface area contributed by atoms with Gasteiger partial charge < -0.3 is 4.74 Å².